The largest absolute Gasteiger partial charge is 0.374 e. The van der Waals surface area contributed by atoms with Crippen molar-refractivity contribution in [2.45, 2.75) is 69.5 Å². The molecule has 3 saturated heterocycles. The molecule has 3 aliphatic rings. The molecule has 0 bridgehead atoms. The average molecular weight is 421 g/mol. The summed E-state index contributed by atoms with van der Waals surface area (Å²) in [5.41, 5.74) is 5.59. The van der Waals surface area contributed by atoms with E-state index in [4.69, 9.17) is 5.73 Å². The van der Waals surface area contributed by atoms with Crippen molar-refractivity contribution in [1.82, 2.24) is 24.9 Å². The number of fused-ring (bicyclic) bond motifs is 1. The zero-order valence-electron chi connectivity index (χ0n) is 16.7. The molecule has 3 atom stereocenters. The minimum absolute atomic E-state index is 0.0126. The maximum atomic E-state index is 13.3. The highest BCUT2D eigenvalue weighted by Gasteiger charge is 2.46. The number of nitrogens with zero attached hydrogens (tertiary/aromatic N) is 5. The van der Waals surface area contributed by atoms with Gasteiger partial charge in [0, 0.05) is 38.6 Å². The summed E-state index contributed by atoms with van der Waals surface area (Å²) in [5.74, 6) is 0.114. The lowest BCUT2D eigenvalue weighted by molar-refractivity contribution is -0.146. The Hall–Kier alpha value is -2.23. The number of piperidine rings is 1. The van der Waals surface area contributed by atoms with Crippen molar-refractivity contribution in [3.8, 4) is 0 Å². The van der Waals surface area contributed by atoms with E-state index in [0.717, 1.165) is 38.5 Å². The van der Waals surface area contributed by atoms with Gasteiger partial charge in [0.2, 0.25) is 22.9 Å². The third-order valence-corrected chi connectivity index (χ3v) is 7.12. The molecule has 29 heavy (non-hydrogen) atoms. The van der Waals surface area contributed by atoms with Gasteiger partial charge < -0.3 is 20.4 Å². The molecule has 4 rings (SSSR count). The molecule has 3 amide bonds. The molecule has 0 spiro atoms. The monoisotopic (exact) mass is 420 g/mol. The van der Waals surface area contributed by atoms with Gasteiger partial charge in [-0.25, -0.2) is 0 Å². The second kappa shape index (κ2) is 8.25. The molecule has 2 N–H and O–H groups in total. The van der Waals surface area contributed by atoms with Gasteiger partial charge in [0.15, 0.2) is 0 Å². The zero-order chi connectivity index (χ0) is 20.5. The summed E-state index contributed by atoms with van der Waals surface area (Å²) in [6.45, 7) is 1.19. The number of nitrogen functional groups attached to an aromatic ring is 1. The second-order valence-corrected chi connectivity index (χ2v) is 9.35. The number of anilines is 1. The van der Waals surface area contributed by atoms with Crippen molar-refractivity contribution >= 4 is 34.2 Å². The smallest absolute Gasteiger partial charge is 0.245 e. The highest BCUT2D eigenvalue weighted by molar-refractivity contribution is 7.15. The number of nitrogens with two attached hydrogens (primary N) is 1. The van der Waals surface area contributed by atoms with Crippen LogP contribution in [0.1, 0.15) is 50.0 Å². The molecule has 1 aromatic rings. The maximum Gasteiger partial charge on any atom is 0.245 e. The fourth-order valence-corrected chi connectivity index (χ4v) is 5.50. The first-order valence-corrected chi connectivity index (χ1v) is 11.2. The lowest BCUT2D eigenvalue weighted by atomic mass is 9.99. The number of likely N-dealkylation sites (tertiary alicyclic amines) is 1. The van der Waals surface area contributed by atoms with Crippen LogP contribution in [0, 0.1) is 0 Å². The summed E-state index contributed by atoms with van der Waals surface area (Å²) in [5, 5.41) is 8.61. The highest BCUT2D eigenvalue weighted by Crippen LogP contribution is 2.35. The van der Waals surface area contributed by atoms with E-state index in [2.05, 4.69) is 10.2 Å². The van der Waals surface area contributed by atoms with Crippen LogP contribution >= 0.6 is 11.3 Å². The number of carbonyl (C=O) groups is 3. The highest BCUT2D eigenvalue weighted by atomic mass is 32.1. The number of amides is 3. The number of likely N-dealkylation sites (N-methyl/N-ethyl adjacent to an activating group) is 1. The Morgan fingerprint density at radius 2 is 2.03 bits per heavy atom. The van der Waals surface area contributed by atoms with Crippen LogP contribution in [0.4, 0.5) is 5.13 Å². The van der Waals surface area contributed by atoms with Crippen LogP contribution in [0.15, 0.2) is 0 Å². The van der Waals surface area contributed by atoms with E-state index in [1.165, 1.54) is 11.3 Å². The molecule has 9 nitrogen and oxygen atoms in total. The Morgan fingerprint density at radius 1 is 1.21 bits per heavy atom. The van der Waals surface area contributed by atoms with Gasteiger partial charge in [-0.05, 0) is 38.5 Å². The Balaban J connectivity index is 1.40. The third-order valence-electron chi connectivity index (χ3n) is 6.37. The average Bonchev–Trinajstić information content (AvgIpc) is 3.40. The Bertz CT molecular complexity index is 799. The van der Waals surface area contributed by atoms with Gasteiger partial charge in [-0.1, -0.05) is 11.3 Å². The number of hydrogen-bond donors (Lipinski definition) is 1. The number of carbonyl (C=O) groups excluding carboxylic acids is 3. The topological polar surface area (TPSA) is 113 Å². The van der Waals surface area contributed by atoms with Gasteiger partial charge in [-0.2, -0.15) is 0 Å². The van der Waals surface area contributed by atoms with Crippen molar-refractivity contribution in [3.05, 3.63) is 5.01 Å². The van der Waals surface area contributed by atoms with Gasteiger partial charge in [0.25, 0.3) is 0 Å². The summed E-state index contributed by atoms with van der Waals surface area (Å²) in [6.07, 6.45) is 6.16. The molecule has 3 aliphatic heterocycles. The SMILES string of the molecule is CN(C[C@@H]1CCCCN1C(=O)C1CCC2CCC(=O)N21)C(=O)Cc1nnc(N)s1. The number of hydrogen-bond acceptors (Lipinski definition) is 7. The Labute approximate surface area is 174 Å². The minimum atomic E-state index is -0.319. The summed E-state index contributed by atoms with van der Waals surface area (Å²) in [6, 6.07) is -0.0919. The van der Waals surface area contributed by atoms with Gasteiger partial charge in [-0.15, -0.1) is 10.2 Å². The van der Waals surface area contributed by atoms with E-state index in [0.29, 0.717) is 29.6 Å². The minimum Gasteiger partial charge on any atom is -0.374 e. The molecule has 0 aromatic carbocycles. The van der Waals surface area contributed by atoms with Crippen LogP contribution in [0.2, 0.25) is 0 Å². The van der Waals surface area contributed by atoms with Crippen molar-refractivity contribution in [2.24, 2.45) is 0 Å². The van der Waals surface area contributed by atoms with Gasteiger partial charge in [0.05, 0.1) is 6.42 Å². The molecule has 10 heteroatoms. The predicted octanol–water partition coefficient (Wildman–Crippen LogP) is 0.656. The van der Waals surface area contributed by atoms with Gasteiger partial charge >= 0.3 is 0 Å². The summed E-state index contributed by atoms with van der Waals surface area (Å²) in [7, 11) is 1.76. The normalized spacial score (nSPS) is 26.7. The standard InChI is InChI=1S/C19H28N6O3S/c1-23(17(27)10-15-21-22-19(20)29-15)11-13-4-2-3-9-24(13)18(28)14-7-5-12-6-8-16(26)25(12)14/h12-14H,2-11H2,1H3,(H2,20,22)/t12?,13-,14?/m0/s1. The first-order chi connectivity index (χ1) is 13.9. The first-order valence-electron chi connectivity index (χ1n) is 10.4. The second-order valence-electron chi connectivity index (χ2n) is 8.25. The number of rotatable bonds is 5. The van der Waals surface area contributed by atoms with Crippen LogP contribution in [0.3, 0.4) is 0 Å². The molecule has 0 aliphatic carbocycles. The maximum absolute atomic E-state index is 13.3. The summed E-state index contributed by atoms with van der Waals surface area (Å²) in [4.78, 5) is 43.6. The van der Waals surface area contributed by atoms with Gasteiger partial charge in [0.1, 0.15) is 11.0 Å². The van der Waals surface area contributed by atoms with Crippen molar-refractivity contribution in [2.75, 3.05) is 25.9 Å². The predicted molar refractivity (Wildman–Crippen MR) is 108 cm³/mol. The molecular formula is C19H28N6O3S. The summed E-state index contributed by atoms with van der Waals surface area (Å²) < 4.78 is 0. The summed E-state index contributed by atoms with van der Waals surface area (Å²) >= 11 is 1.22. The molecule has 0 radical (unpaired) electrons. The van der Waals surface area contributed by atoms with Crippen LogP contribution in [-0.2, 0) is 20.8 Å². The van der Waals surface area contributed by atoms with E-state index < -0.39 is 0 Å². The van der Waals surface area contributed by atoms with E-state index in [1.807, 2.05) is 9.80 Å². The molecule has 1 aromatic heterocycles. The lowest BCUT2D eigenvalue weighted by Crippen LogP contribution is -2.55. The van der Waals surface area contributed by atoms with E-state index >= 15 is 0 Å². The number of aromatic nitrogens is 2. The van der Waals surface area contributed by atoms with Gasteiger partial charge in [-0.3, -0.25) is 14.4 Å². The van der Waals surface area contributed by atoms with E-state index in [9.17, 15) is 14.4 Å². The third kappa shape index (κ3) is 4.08. The van der Waals surface area contributed by atoms with Crippen LogP contribution < -0.4 is 5.73 Å². The molecular weight excluding hydrogens is 392 g/mol. The quantitative estimate of drug-likeness (QED) is 0.749. The molecule has 3 fully saturated rings. The van der Waals surface area contributed by atoms with E-state index in [1.54, 1.807) is 11.9 Å². The fraction of sp³-hybridized carbons (Fsp3) is 0.737. The van der Waals surface area contributed by atoms with Crippen LogP contribution in [-0.4, -0.2) is 80.9 Å². The zero-order valence-corrected chi connectivity index (χ0v) is 17.6. The molecule has 0 saturated carbocycles. The Morgan fingerprint density at radius 3 is 2.79 bits per heavy atom. The molecule has 2 unspecified atom stereocenters. The first kappa shape index (κ1) is 20.1. The van der Waals surface area contributed by atoms with Crippen molar-refractivity contribution < 1.29 is 14.4 Å². The fourth-order valence-electron chi connectivity index (χ4n) is 4.90. The van der Waals surface area contributed by atoms with Crippen molar-refractivity contribution in [3.63, 3.8) is 0 Å². The molecule has 4 heterocycles. The Kier molecular flexibility index (Phi) is 5.71. The van der Waals surface area contributed by atoms with E-state index in [-0.39, 0.29) is 42.3 Å². The van der Waals surface area contributed by atoms with Crippen LogP contribution in [0.25, 0.3) is 0 Å². The lowest BCUT2D eigenvalue weighted by Gasteiger charge is -2.40. The van der Waals surface area contributed by atoms with Crippen LogP contribution in [0.5, 0.6) is 0 Å². The molecule has 158 valence electrons. The van der Waals surface area contributed by atoms with Crippen molar-refractivity contribution in [1.29, 1.82) is 0 Å².